The van der Waals surface area contributed by atoms with E-state index in [4.69, 9.17) is 11.1 Å². The Hall–Kier alpha value is -1.15. The molecular weight excluding hydrogens is 264 g/mol. The molecule has 6 nitrogen and oxygen atoms in total. The Labute approximate surface area is 110 Å². The van der Waals surface area contributed by atoms with Crippen LogP contribution in [0.2, 0.25) is 0 Å². The lowest BCUT2D eigenvalue weighted by Crippen LogP contribution is -2.23. The first kappa shape index (κ1) is 18.2. The summed E-state index contributed by atoms with van der Waals surface area (Å²) in [5, 5.41) is 6.89. The number of nitrogens with two attached hydrogens (primary N) is 1. The number of hydrogen-bond donors (Lipinski definition) is 2. The molecule has 3 N–H and O–H groups in total. The van der Waals surface area contributed by atoms with E-state index in [1.165, 1.54) is 0 Å². The normalized spacial score (nSPS) is 8.41. The van der Waals surface area contributed by atoms with Gasteiger partial charge >= 0.3 is 11.9 Å². The minimum absolute atomic E-state index is 0.0446. The van der Waals surface area contributed by atoms with Crippen LogP contribution in [0.25, 0.3) is 0 Å². The van der Waals surface area contributed by atoms with Crippen LogP contribution in [-0.4, -0.2) is 41.4 Å². The van der Waals surface area contributed by atoms with E-state index < -0.39 is 11.9 Å². The van der Waals surface area contributed by atoms with Crippen LogP contribution in [0, 0.1) is 5.41 Å². The summed E-state index contributed by atoms with van der Waals surface area (Å²) in [6, 6.07) is 0. The number of carbonyl (C=O) groups excluding carboxylic acids is 2. The minimum atomic E-state index is -0.609. The monoisotopic (exact) mass is 280 g/mol. The molecule has 0 aromatic carbocycles. The van der Waals surface area contributed by atoms with Gasteiger partial charge in [0.05, 0.1) is 13.2 Å². The molecule has 0 saturated carbocycles. The third-order valence-corrected chi connectivity index (χ3v) is 1.88. The Morgan fingerprint density at radius 3 is 1.88 bits per heavy atom. The highest BCUT2D eigenvalue weighted by Gasteiger charge is 2.06. The predicted octanol–water partition coefficient (Wildman–Crippen LogP) is 0.725. The lowest BCUT2D eigenvalue weighted by Gasteiger charge is -1.97. The molecular formula is C9H16N2O4S2. The van der Waals surface area contributed by atoms with Crippen molar-refractivity contribution in [1.82, 2.24) is 0 Å². The lowest BCUT2D eigenvalue weighted by atomic mass is 10.7. The summed E-state index contributed by atoms with van der Waals surface area (Å²) >= 11 is 5.37. The average Bonchev–Trinajstić information content (AvgIpc) is 2.29. The highest BCUT2D eigenvalue weighted by atomic mass is 32.2. The molecule has 0 unspecified atom stereocenters. The molecule has 0 saturated heterocycles. The lowest BCUT2D eigenvalue weighted by molar-refractivity contribution is -0.135. The van der Waals surface area contributed by atoms with Crippen LogP contribution in [0.3, 0.4) is 0 Å². The van der Waals surface area contributed by atoms with Crippen molar-refractivity contribution in [1.29, 1.82) is 5.41 Å². The van der Waals surface area contributed by atoms with Crippen molar-refractivity contribution in [3.63, 3.8) is 0 Å². The first-order valence-corrected chi connectivity index (χ1v) is 6.30. The molecule has 98 valence electrons. The molecule has 0 bridgehead atoms. The molecule has 0 radical (unpaired) electrons. The van der Waals surface area contributed by atoms with E-state index in [1.54, 1.807) is 20.1 Å². The fourth-order valence-corrected chi connectivity index (χ4v) is 0.767. The Balaban J connectivity index is 0. The van der Waals surface area contributed by atoms with E-state index in [0.29, 0.717) is 13.2 Å². The number of nitrogens with one attached hydrogen (secondary N) is 1. The SMILES string of the molecule is CCOC(=O)C(=N)SC.CCOC(=O)C(N)=S. The molecule has 0 amide bonds. The maximum Gasteiger partial charge on any atom is 0.365 e. The summed E-state index contributed by atoms with van der Waals surface area (Å²) in [5.74, 6) is -1.15. The molecule has 17 heavy (non-hydrogen) atoms. The molecule has 0 aliphatic rings. The fourth-order valence-electron chi connectivity index (χ4n) is 0.482. The van der Waals surface area contributed by atoms with E-state index in [1.807, 2.05) is 0 Å². The van der Waals surface area contributed by atoms with E-state index in [9.17, 15) is 9.59 Å². The average molecular weight is 280 g/mol. The summed E-state index contributed by atoms with van der Waals surface area (Å²) in [5.41, 5.74) is 4.88. The molecule has 0 atom stereocenters. The highest BCUT2D eigenvalue weighted by Crippen LogP contribution is 1.96. The smallest absolute Gasteiger partial charge is 0.365 e. The second-order valence-electron chi connectivity index (χ2n) is 2.34. The first-order valence-electron chi connectivity index (χ1n) is 4.66. The van der Waals surface area contributed by atoms with E-state index in [2.05, 4.69) is 21.7 Å². The van der Waals surface area contributed by atoms with E-state index in [-0.39, 0.29) is 10.0 Å². The van der Waals surface area contributed by atoms with Crippen molar-refractivity contribution in [2.75, 3.05) is 19.5 Å². The highest BCUT2D eigenvalue weighted by molar-refractivity contribution is 8.14. The van der Waals surface area contributed by atoms with Crippen LogP contribution < -0.4 is 5.73 Å². The Bertz CT molecular complexity index is 295. The zero-order chi connectivity index (χ0) is 13.8. The van der Waals surface area contributed by atoms with Crippen LogP contribution in [0.1, 0.15) is 13.8 Å². The van der Waals surface area contributed by atoms with Gasteiger partial charge in [0.2, 0.25) is 0 Å². The molecule has 0 rings (SSSR count). The molecule has 0 fully saturated rings. The van der Waals surface area contributed by atoms with Crippen molar-refractivity contribution in [3.05, 3.63) is 0 Å². The van der Waals surface area contributed by atoms with Gasteiger partial charge < -0.3 is 15.2 Å². The number of carbonyl (C=O) groups is 2. The van der Waals surface area contributed by atoms with E-state index >= 15 is 0 Å². The van der Waals surface area contributed by atoms with Crippen LogP contribution >= 0.6 is 24.0 Å². The third kappa shape index (κ3) is 11.1. The molecule has 0 spiro atoms. The number of hydrogen-bond acceptors (Lipinski definition) is 7. The number of thiocarbonyl (C=S) groups is 1. The maximum absolute atomic E-state index is 10.5. The molecule has 0 heterocycles. The molecule has 0 aliphatic carbocycles. The standard InChI is InChI=1S/C5H9NO2S.C4H7NO2S/c1-3-8-5(7)4(6)9-2;1-2-7-4(6)3(5)8/h6H,3H2,1-2H3;2H2,1H3,(H2,5,8). The van der Waals surface area contributed by atoms with Crippen LogP contribution in [0.5, 0.6) is 0 Å². The number of ether oxygens (including phenoxy) is 2. The van der Waals surface area contributed by atoms with Crippen molar-refractivity contribution in [3.8, 4) is 0 Å². The predicted molar refractivity (Wildman–Crippen MR) is 71.3 cm³/mol. The summed E-state index contributed by atoms with van der Waals surface area (Å²) in [6.45, 7) is 4.06. The van der Waals surface area contributed by atoms with Crippen LogP contribution in [0.15, 0.2) is 0 Å². The molecule has 8 heteroatoms. The van der Waals surface area contributed by atoms with Crippen molar-refractivity contribution < 1.29 is 19.1 Å². The second kappa shape index (κ2) is 11.3. The summed E-state index contributed by atoms with van der Waals surface area (Å²) in [4.78, 5) is 20.5. The van der Waals surface area contributed by atoms with Gasteiger partial charge in [0.1, 0.15) is 0 Å². The Morgan fingerprint density at radius 2 is 1.65 bits per heavy atom. The number of rotatable bonds is 2. The maximum atomic E-state index is 10.5. The third-order valence-electron chi connectivity index (χ3n) is 1.14. The quantitative estimate of drug-likeness (QED) is 0.332. The van der Waals surface area contributed by atoms with Gasteiger partial charge in [-0.25, -0.2) is 9.59 Å². The molecule has 0 aromatic heterocycles. The summed E-state index contributed by atoms with van der Waals surface area (Å²) in [7, 11) is 0. The van der Waals surface area contributed by atoms with Gasteiger partial charge in [0, 0.05) is 0 Å². The summed E-state index contributed by atoms with van der Waals surface area (Å²) in [6.07, 6.45) is 1.67. The van der Waals surface area contributed by atoms with Gasteiger partial charge in [-0.15, -0.1) is 11.8 Å². The summed E-state index contributed by atoms with van der Waals surface area (Å²) < 4.78 is 8.91. The zero-order valence-corrected chi connectivity index (χ0v) is 11.6. The van der Waals surface area contributed by atoms with Crippen LogP contribution in [0.4, 0.5) is 0 Å². The van der Waals surface area contributed by atoms with Crippen molar-refractivity contribution in [2.45, 2.75) is 13.8 Å². The van der Waals surface area contributed by atoms with E-state index in [0.717, 1.165) is 11.8 Å². The zero-order valence-electron chi connectivity index (χ0n) is 9.94. The number of esters is 2. The Morgan fingerprint density at radius 1 is 1.24 bits per heavy atom. The van der Waals surface area contributed by atoms with Crippen molar-refractivity contribution in [2.24, 2.45) is 5.73 Å². The van der Waals surface area contributed by atoms with Gasteiger partial charge in [-0.05, 0) is 20.1 Å². The van der Waals surface area contributed by atoms with Crippen molar-refractivity contribution >= 4 is 46.0 Å². The molecule has 0 aromatic rings. The fraction of sp³-hybridized carbons (Fsp3) is 0.556. The van der Waals surface area contributed by atoms with Crippen LogP contribution in [-0.2, 0) is 19.1 Å². The number of thioether (sulfide) groups is 1. The van der Waals surface area contributed by atoms with Gasteiger partial charge in [0.25, 0.3) is 0 Å². The Kier molecular flexibility index (Phi) is 12.2. The van der Waals surface area contributed by atoms with Gasteiger partial charge in [-0.2, -0.15) is 0 Å². The van der Waals surface area contributed by atoms with Gasteiger partial charge in [0.15, 0.2) is 10.0 Å². The van der Waals surface area contributed by atoms with Gasteiger partial charge in [-0.1, -0.05) is 12.2 Å². The second-order valence-corrected chi connectivity index (χ2v) is 3.59. The largest absolute Gasteiger partial charge is 0.461 e. The molecule has 0 aliphatic heterocycles. The topological polar surface area (TPSA) is 102 Å². The minimum Gasteiger partial charge on any atom is -0.461 e. The first-order chi connectivity index (χ1) is 7.90. The van der Waals surface area contributed by atoms with Gasteiger partial charge in [-0.3, -0.25) is 5.41 Å².